The van der Waals surface area contributed by atoms with Gasteiger partial charge < -0.3 is 4.55 Å². The number of aromatic nitrogens is 1. The van der Waals surface area contributed by atoms with E-state index in [4.69, 9.17) is 16.2 Å². The van der Waals surface area contributed by atoms with Crippen molar-refractivity contribution in [1.82, 2.24) is 4.98 Å². The average Bonchev–Trinajstić information content (AvgIpc) is 2.57. The first kappa shape index (κ1) is 14.1. The monoisotopic (exact) mass is 319 g/mol. The Morgan fingerprint density at radius 2 is 1.90 bits per heavy atom. The summed E-state index contributed by atoms with van der Waals surface area (Å²) in [6, 6.07) is 10.3. The zero-order valence-electron chi connectivity index (χ0n) is 10.7. The van der Waals surface area contributed by atoms with Gasteiger partial charge in [0.25, 0.3) is 0 Å². The Morgan fingerprint density at radius 3 is 2.67 bits per heavy atom. The predicted molar refractivity (Wildman–Crippen MR) is 85.0 cm³/mol. The van der Waals surface area contributed by atoms with E-state index in [2.05, 4.69) is 4.98 Å². The quantitative estimate of drug-likeness (QED) is 0.737. The van der Waals surface area contributed by atoms with Crippen molar-refractivity contribution in [3.8, 4) is 0 Å². The van der Waals surface area contributed by atoms with Crippen molar-refractivity contribution < 1.29 is 8.76 Å². The van der Waals surface area contributed by atoms with E-state index >= 15 is 0 Å². The number of fused-ring (bicyclic) bond motifs is 2. The summed E-state index contributed by atoms with van der Waals surface area (Å²) in [5.74, 6) is -0.00900. The van der Waals surface area contributed by atoms with Crippen LogP contribution in [0.1, 0.15) is 5.56 Å². The molecule has 21 heavy (non-hydrogen) atoms. The van der Waals surface area contributed by atoms with E-state index in [1.807, 2.05) is 0 Å². The van der Waals surface area contributed by atoms with Crippen molar-refractivity contribution in [1.29, 1.82) is 0 Å². The van der Waals surface area contributed by atoms with Crippen LogP contribution < -0.4 is 5.43 Å². The highest BCUT2D eigenvalue weighted by atomic mass is 35.5. The molecule has 0 saturated carbocycles. The van der Waals surface area contributed by atoms with Crippen LogP contribution in [0, 0.1) is 0 Å². The lowest BCUT2D eigenvalue weighted by molar-refractivity contribution is 0.563. The van der Waals surface area contributed by atoms with Crippen molar-refractivity contribution in [3.63, 3.8) is 0 Å². The largest absolute Gasteiger partial charge is 0.306 e. The van der Waals surface area contributed by atoms with E-state index in [1.54, 1.807) is 36.4 Å². The number of nitrogens with zero attached hydrogens (tertiary/aromatic N) is 1. The van der Waals surface area contributed by atoms with Crippen LogP contribution in [0.15, 0.2) is 47.4 Å². The van der Waals surface area contributed by atoms with Crippen molar-refractivity contribution in [2.75, 3.05) is 0 Å². The molecule has 0 aliphatic carbocycles. The summed E-state index contributed by atoms with van der Waals surface area (Å²) < 4.78 is 19.9. The fourth-order valence-corrected chi connectivity index (χ4v) is 2.88. The summed E-state index contributed by atoms with van der Waals surface area (Å²) in [4.78, 5) is 16.8. The third-order valence-electron chi connectivity index (χ3n) is 3.20. The molecule has 6 heteroatoms. The molecule has 1 atom stereocenters. The normalized spacial score (nSPS) is 12.7. The predicted octanol–water partition coefficient (Wildman–Crippen LogP) is 3.12. The smallest absolute Gasteiger partial charge is 0.195 e. The standard InChI is InChI=1S/C15H10ClNO3S/c16-11-6-13-14(17-7-11)4-3-10-2-1-9(8-21(19)20)5-12(10)15(13)18/h1-7H,8H2,(H,19,20). The van der Waals surface area contributed by atoms with E-state index in [-0.39, 0.29) is 11.2 Å². The average molecular weight is 320 g/mol. The van der Waals surface area contributed by atoms with Gasteiger partial charge in [0.15, 0.2) is 16.5 Å². The maximum absolute atomic E-state index is 12.6. The molecule has 0 aliphatic heterocycles. The van der Waals surface area contributed by atoms with Gasteiger partial charge >= 0.3 is 0 Å². The molecule has 4 nitrogen and oxygen atoms in total. The molecule has 2 aromatic carbocycles. The Labute approximate surface area is 127 Å². The van der Waals surface area contributed by atoms with E-state index in [9.17, 15) is 9.00 Å². The first-order chi connectivity index (χ1) is 10.0. The molecular formula is C15H10ClNO3S. The zero-order valence-corrected chi connectivity index (χ0v) is 12.3. The van der Waals surface area contributed by atoms with Gasteiger partial charge in [-0.3, -0.25) is 9.78 Å². The van der Waals surface area contributed by atoms with Crippen molar-refractivity contribution in [2.45, 2.75) is 5.75 Å². The second-order valence-electron chi connectivity index (χ2n) is 4.64. The van der Waals surface area contributed by atoms with Gasteiger partial charge in [0.2, 0.25) is 0 Å². The fourth-order valence-electron chi connectivity index (χ4n) is 2.26. The summed E-state index contributed by atoms with van der Waals surface area (Å²) in [5, 5.41) is 2.06. The van der Waals surface area contributed by atoms with Crippen LogP contribution in [0.25, 0.3) is 21.7 Å². The van der Waals surface area contributed by atoms with E-state index in [1.165, 1.54) is 6.20 Å². The van der Waals surface area contributed by atoms with Crippen LogP contribution in [-0.2, 0) is 16.8 Å². The lowest BCUT2D eigenvalue weighted by atomic mass is 10.1. The van der Waals surface area contributed by atoms with Gasteiger partial charge in [-0.1, -0.05) is 29.8 Å². The maximum atomic E-state index is 12.6. The molecule has 1 aromatic heterocycles. The molecule has 3 rings (SSSR count). The second kappa shape index (κ2) is 5.52. The van der Waals surface area contributed by atoms with Crippen LogP contribution in [0.4, 0.5) is 0 Å². The van der Waals surface area contributed by atoms with Crippen LogP contribution in [0.5, 0.6) is 0 Å². The highest BCUT2D eigenvalue weighted by Gasteiger charge is 2.06. The number of hydrogen-bond donors (Lipinski definition) is 1. The maximum Gasteiger partial charge on any atom is 0.195 e. The highest BCUT2D eigenvalue weighted by Crippen LogP contribution is 2.18. The number of halogens is 1. The Kier molecular flexibility index (Phi) is 3.71. The Balaban J connectivity index is 2.40. The number of pyridine rings is 1. The first-order valence-electron chi connectivity index (χ1n) is 6.13. The van der Waals surface area contributed by atoms with Gasteiger partial charge in [-0.25, -0.2) is 4.21 Å². The lowest BCUT2D eigenvalue weighted by Crippen LogP contribution is -2.01. The van der Waals surface area contributed by atoms with E-state index in [0.29, 0.717) is 26.9 Å². The Bertz CT molecular complexity index is 943. The van der Waals surface area contributed by atoms with E-state index < -0.39 is 11.1 Å². The number of rotatable bonds is 2. The van der Waals surface area contributed by atoms with E-state index in [0.717, 1.165) is 5.39 Å². The Morgan fingerprint density at radius 1 is 1.14 bits per heavy atom. The molecule has 0 radical (unpaired) electrons. The molecule has 1 unspecified atom stereocenters. The van der Waals surface area contributed by atoms with Gasteiger partial charge in [-0.05, 0) is 29.1 Å². The van der Waals surface area contributed by atoms with Gasteiger partial charge in [0.05, 0.1) is 16.3 Å². The summed E-state index contributed by atoms with van der Waals surface area (Å²) in [6.07, 6.45) is 1.49. The topological polar surface area (TPSA) is 67.3 Å². The molecule has 1 heterocycles. The minimum absolute atomic E-state index is 0.00900. The molecule has 106 valence electrons. The number of benzene rings is 1. The van der Waals surface area contributed by atoms with Crippen LogP contribution >= 0.6 is 11.6 Å². The lowest BCUT2D eigenvalue weighted by Gasteiger charge is -1.98. The van der Waals surface area contributed by atoms with Crippen LogP contribution in [-0.4, -0.2) is 13.7 Å². The summed E-state index contributed by atoms with van der Waals surface area (Å²) in [6.45, 7) is 0. The molecule has 0 aliphatic rings. The molecule has 0 bridgehead atoms. The Hall–Kier alpha value is -1.82. The number of hydrogen-bond acceptors (Lipinski definition) is 3. The molecule has 0 amide bonds. The molecular weight excluding hydrogens is 310 g/mol. The highest BCUT2D eigenvalue weighted by molar-refractivity contribution is 7.78. The third kappa shape index (κ3) is 2.81. The molecule has 3 aromatic rings. The minimum Gasteiger partial charge on any atom is -0.306 e. The van der Waals surface area contributed by atoms with Gasteiger partial charge in [0.1, 0.15) is 0 Å². The second-order valence-corrected chi connectivity index (χ2v) is 6.00. The third-order valence-corrected chi connectivity index (χ3v) is 3.99. The van der Waals surface area contributed by atoms with Crippen LogP contribution in [0.3, 0.4) is 0 Å². The van der Waals surface area contributed by atoms with Crippen molar-refractivity contribution in [3.05, 3.63) is 63.4 Å². The fraction of sp³-hybridized carbons (Fsp3) is 0.0667. The summed E-state index contributed by atoms with van der Waals surface area (Å²) in [7, 11) is 0. The van der Waals surface area contributed by atoms with Gasteiger partial charge in [-0.2, -0.15) is 0 Å². The summed E-state index contributed by atoms with van der Waals surface area (Å²) in [5.41, 5.74) is 1.01. The first-order valence-corrected chi connectivity index (χ1v) is 7.78. The summed E-state index contributed by atoms with van der Waals surface area (Å²) >= 11 is 3.97. The molecule has 1 N–H and O–H groups in total. The minimum atomic E-state index is -1.94. The zero-order chi connectivity index (χ0) is 15.0. The van der Waals surface area contributed by atoms with Crippen LogP contribution in [0.2, 0.25) is 5.02 Å². The molecule has 0 spiro atoms. The molecule has 0 fully saturated rings. The SMILES string of the molecule is O=c1c2cc(CS(=O)O)ccc2ccc2ncc(Cl)cc12. The van der Waals surface area contributed by atoms with Gasteiger partial charge in [0, 0.05) is 17.0 Å². The molecule has 0 saturated heterocycles. The van der Waals surface area contributed by atoms with Crippen molar-refractivity contribution >= 4 is 44.4 Å². The van der Waals surface area contributed by atoms with Gasteiger partial charge in [-0.15, -0.1) is 0 Å². The van der Waals surface area contributed by atoms with Crippen molar-refractivity contribution in [2.24, 2.45) is 0 Å².